The summed E-state index contributed by atoms with van der Waals surface area (Å²) in [7, 11) is 1.48. The molecule has 1 aromatic carbocycles. The van der Waals surface area contributed by atoms with E-state index in [1.165, 1.54) is 7.11 Å². The van der Waals surface area contributed by atoms with E-state index in [0.717, 1.165) is 11.4 Å². The zero-order chi connectivity index (χ0) is 16.8. The monoisotopic (exact) mass is 317 g/mol. The summed E-state index contributed by atoms with van der Waals surface area (Å²) >= 11 is 0. The van der Waals surface area contributed by atoms with Gasteiger partial charge in [-0.25, -0.2) is 9.48 Å². The van der Waals surface area contributed by atoms with Crippen LogP contribution in [0.25, 0.3) is 5.69 Å². The van der Waals surface area contributed by atoms with Crippen molar-refractivity contribution < 1.29 is 19.4 Å². The molecule has 7 heteroatoms. The molecule has 0 aliphatic rings. The molecule has 0 bridgehead atoms. The Morgan fingerprint density at radius 1 is 1.30 bits per heavy atom. The van der Waals surface area contributed by atoms with Gasteiger partial charge in [-0.1, -0.05) is 0 Å². The molecular formula is C16H19N3O4. The highest BCUT2D eigenvalue weighted by Crippen LogP contribution is 2.10. The van der Waals surface area contributed by atoms with E-state index in [9.17, 15) is 9.59 Å². The normalized spacial score (nSPS) is 11.9. The number of hydrogen-bond donors (Lipinski definition) is 2. The molecular weight excluding hydrogens is 298 g/mol. The van der Waals surface area contributed by atoms with Gasteiger partial charge in [0.1, 0.15) is 6.04 Å². The summed E-state index contributed by atoms with van der Waals surface area (Å²) < 4.78 is 6.56. The molecule has 0 saturated carbocycles. The quantitative estimate of drug-likeness (QED) is 0.805. The summed E-state index contributed by atoms with van der Waals surface area (Å²) in [5.74, 6) is -1.52. The third-order valence-electron chi connectivity index (χ3n) is 3.33. The molecule has 1 heterocycles. The third kappa shape index (κ3) is 4.40. The predicted molar refractivity (Wildman–Crippen MR) is 83.7 cm³/mol. The Bertz CT molecular complexity index is 679. The number of benzene rings is 1. The Balaban J connectivity index is 2.06. The Hall–Kier alpha value is -2.67. The lowest BCUT2D eigenvalue weighted by molar-refractivity contribution is -0.139. The van der Waals surface area contributed by atoms with Crippen LogP contribution in [0.5, 0.6) is 0 Å². The second-order valence-electron chi connectivity index (χ2n) is 5.09. The summed E-state index contributed by atoms with van der Waals surface area (Å²) in [6.07, 6.45) is 2.04. The van der Waals surface area contributed by atoms with Gasteiger partial charge in [-0.15, -0.1) is 0 Å². The highest BCUT2D eigenvalue weighted by molar-refractivity contribution is 5.96. The largest absolute Gasteiger partial charge is 0.480 e. The van der Waals surface area contributed by atoms with Gasteiger partial charge in [-0.05, 0) is 37.3 Å². The predicted octanol–water partition coefficient (Wildman–Crippen LogP) is 1.40. The number of aryl methyl sites for hydroxylation is 1. The van der Waals surface area contributed by atoms with Crippen LogP contribution < -0.4 is 5.32 Å². The van der Waals surface area contributed by atoms with Gasteiger partial charge in [0, 0.05) is 31.9 Å². The van der Waals surface area contributed by atoms with Gasteiger partial charge in [-0.3, -0.25) is 4.79 Å². The lowest BCUT2D eigenvalue weighted by atomic mass is 10.1. The van der Waals surface area contributed by atoms with Gasteiger partial charge >= 0.3 is 5.97 Å². The molecule has 1 unspecified atom stereocenters. The maximum absolute atomic E-state index is 12.1. The number of aliphatic carboxylic acids is 1. The minimum atomic E-state index is -1.08. The second kappa shape index (κ2) is 7.55. The number of rotatable bonds is 7. The van der Waals surface area contributed by atoms with Crippen molar-refractivity contribution in [3.05, 3.63) is 47.8 Å². The van der Waals surface area contributed by atoms with E-state index in [-0.39, 0.29) is 13.0 Å². The SMILES string of the molecule is COCCC(NC(=O)c1ccc(-n2ccc(C)n2)cc1)C(=O)O. The number of nitrogens with zero attached hydrogens (tertiary/aromatic N) is 2. The number of amides is 1. The van der Waals surface area contributed by atoms with Crippen LogP contribution >= 0.6 is 0 Å². The smallest absolute Gasteiger partial charge is 0.326 e. The van der Waals surface area contributed by atoms with Crippen molar-refractivity contribution in [1.82, 2.24) is 15.1 Å². The third-order valence-corrected chi connectivity index (χ3v) is 3.33. The first-order valence-electron chi connectivity index (χ1n) is 7.16. The molecule has 0 spiro atoms. The van der Waals surface area contributed by atoms with Crippen LogP contribution in [-0.4, -0.2) is 46.5 Å². The summed E-state index contributed by atoms with van der Waals surface area (Å²) in [6, 6.07) is 7.69. The molecule has 7 nitrogen and oxygen atoms in total. The average molecular weight is 317 g/mol. The zero-order valence-corrected chi connectivity index (χ0v) is 13.0. The van der Waals surface area contributed by atoms with Crippen molar-refractivity contribution in [2.45, 2.75) is 19.4 Å². The van der Waals surface area contributed by atoms with Crippen molar-refractivity contribution in [1.29, 1.82) is 0 Å². The first-order valence-corrected chi connectivity index (χ1v) is 7.16. The van der Waals surface area contributed by atoms with Crippen LogP contribution in [0, 0.1) is 6.92 Å². The lowest BCUT2D eigenvalue weighted by Crippen LogP contribution is -2.41. The van der Waals surface area contributed by atoms with Crippen molar-refractivity contribution in [2.24, 2.45) is 0 Å². The van der Waals surface area contributed by atoms with E-state index < -0.39 is 17.9 Å². The fourth-order valence-corrected chi connectivity index (χ4v) is 2.06. The van der Waals surface area contributed by atoms with Gasteiger partial charge < -0.3 is 15.2 Å². The molecule has 2 aromatic rings. The van der Waals surface area contributed by atoms with Crippen LogP contribution in [-0.2, 0) is 9.53 Å². The van der Waals surface area contributed by atoms with Crippen LogP contribution in [0.2, 0.25) is 0 Å². The maximum atomic E-state index is 12.1. The Morgan fingerprint density at radius 3 is 2.52 bits per heavy atom. The second-order valence-corrected chi connectivity index (χ2v) is 5.09. The molecule has 1 atom stereocenters. The van der Waals surface area contributed by atoms with Gasteiger partial charge in [0.05, 0.1) is 11.4 Å². The van der Waals surface area contributed by atoms with Crippen LogP contribution in [0.15, 0.2) is 36.5 Å². The Kier molecular flexibility index (Phi) is 5.48. The number of nitrogens with one attached hydrogen (secondary N) is 1. The molecule has 0 saturated heterocycles. The topological polar surface area (TPSA) is 93.5 Å². The van der Waals surface area contributed by atoms with Gasteiger partial charge in [0.2, 0.25) is 0 Å². The van der Waals surface area contributed by atoms with Crippen LogP contribution in [0.3, 0.4) is 0 Å². The van der Waals surface area contributed by atoms with E-state index in [4.69, 9.17) is 9.84 Å². The van der Waals surface area contributed by atoms with Gasteiger partial charge in [0.15, 0.2) is 0 Å². The molecule has 0 aliphatic heterocycles. The van der Waals surface area contributed by atoms with E-state index in [1.807, 2.05) is 19.2 Å². The number of ether oxygens (including phenoxy) is 1. The first kappa shape index (κ1) is 16.7. The number of carbonyl (C=O) groups is 2. The minimum Gasteiger partial charge on any atom is -0.480 e. The summed E-state index contributed by atoms with van der Waals surface area (Å²) in [5, 5.41) is 15.9. The van der Waals surface area contributed by atoms with Crippen LogP contribution in [0.1, 0.15) is 22.5 Å². The summed E-state index contributed by atoms with van der Waals surface area (Å²) in [4.78, 5) is 23.3. The Labute approximate surface area is 133 Å². The highest BCUT2D eigenvalue weighted by atomic mass is 16.5. The van der Waals surface area contributed by atoms with E-state index in [2.05, 4.69) is 10.4 Å². The first-order chi connectivity index (χ1) is 11.0. The fourth-order valence-electron chi connectivity index (χ4n) is 2.06. The molecule has 0 aliphatic carbocycles. The van der Waals surface area contributed by atoms with E-state index in [0.29, 0.717) is 5.56 Å². The molecule has 2 N–H and O–H groups in total. The molecule has 0 radical (unpaired) electrons. The standard InChI is InChI=1S/C16H19N3O4/c1-11-7-9-19(18-11)13-5-3-12(4-6-13)15(20)17-14(16(21)22)8-10-23-2/h3-7,9,14H,8,10H2,1-2H3,(H,17,20)(H,21,22). The number of aromatic nitrogens is 2. The average Bonchev–Trinajstić information content (AvgIpc) is 2.97. The fraction of sp³-hybridized carbons (Fsp3) is 0.312. The lowest BCUT2D eigenvalue weighted by Gasteiger charge is -2.14. The number of carboxylic acid groups (broad SMARTS) is 1. The van der Waals surface area contributed by atoms with Crippen molar-refractivity contribution in [3.8, 4) is 5.69 Å². The number of methoxy groups -OCH3 is 1. The zero-order valence-electron chi connectivity index (χ0n) is 13.0. The molecule has 2 rings (SSSR count). The molecule has 1 aromatic heterocycles. The van der Waals surface area contributed by atoms with Crippen molar-refractivity contribution in [3.63, 3.8) is 0 Å². The van der Waals surface area contributed by atoms with Gasteiger partial charge in [0.25, 0.3) is 5.91 Å². The molecule has 0 fully saturated rings. The molecule has 1 amide bonds. The van der Waals surface area contributed by atoms with E-state index >= 15 is 0 Å². The van der Waals surface area contributed by atoms with Crippen molar-refractivity contribution >= 4 is 11.9 Å². The molecule has 122 valence electrons. The van der Waals surface area contributed by atoms with Crippen LogP contribution in [0.4, 0.5) is 0 Å². The number of hydrogen-bond acceptors (Lipinski definition) is 4. The summed E-state index contributed by atoms with van der Waals surface area (Å²) in [5.41, 5.74) is 2.11. The minimum absolute atomic E-state index is 0.211. The highest BCUT2D eigenvalue weighted by Gasteiger charge is 2.20. The van der Waals surface area contributed by atoms with Crippen molar-refractivity contribution in [2.75, 3.05) is 13.7 Å². The number of carbonyl (C=O) groups excluding carboxylic acids is 1. The van der Waals surface area contributed by atoms with Gasteiger partial charge in [-0.2, -0.15) is 5.10 Å². The van der Waals surface area contributed by atoms with E-state index in [1.54, 1.807) is 28.9 Å². The summed E-state index contributed by atoms with van der Waals surface area (Å²) in [6.45, 7) is 2.15. The molecule has 23 heavy (non-hydrogen) atoms. The maximum Gasteiger partial charge on any atom is 0.326 e. The Morgan fingerprint density at radius 2 is 2.00 bits per heavy atom. The number of carboxylic acids is 1.